The molecule has 0 spiro atoms. The first-order valence-electron chi connectivity index (χ1n) is 4.21. The van der Waals surface area contributed by atoms with Crippen LogP contribution in [0.2, 0.25) is 0 Å². The molecule has 0 unspecified atom stereocenters. The van der Waals surface area contributed by atoms with E-state index in [0.29, 0.717) is 12.4 Å². The van der Waals surface area contributed by atoms with Gasteiger partial charge in [0.25, 0.3) is 0 Å². The highest BCUT2D eigenvalue weighted by Gasteiger charge is 2.11. The second kappa shape index (κ2) is 4.52. The van der Waals surface area contributed by atoms with Gasteiger partial charge in [0, 0.05) is 6.26 Å². The molecule has 0 aliphatic carbocycles. The highest BCUT2D eigenvalue weighted by Crippen LogP contribution is 2.03. The van der Waals surface area contributed by atoms with Crippen molar-refractivity contribution in [2.75, 3.05) is 12.8 Å². The molecule has 0 atom stereocenters. The third kappa shape index (κ3) is 3.84. The number of aromatic nitrogens is 2. The average molecular weight is 219 g/mol. The predicted molar refractivity (Wildman–Crippen MR) is 50.2 cm³/mol. The smallest absolute Gasteiger partial charge is 0.231 e. The van der Waals surface area contributed by atoms with Crippen molar-refractivity contribution in [2.24, 2.45) is 0 Å². The normalized spacial score (nSPS) is 11.9. The fraction of sp³-hybridized carbons (Fsp3) is 0.714. The summed E-state index contributed by atoms with van der Waals surface area (Å²) in [6.07, 6.45) is 1.13. The maximum atomic E-state index is 10.9. The number of hydrogen-bond acceptors (Lipinski definition) is 6. The van der Waals surface area contributed by atoms with E-state index in [4.69, 9.17) is 4.42 Å². The molecular weight excluding hydrogens is 206 g/mol. The lowest BCUT2D eigenvalue weighted by atomic mass is 10.6. The summed E-state index contributed by atoms with van der Waals surface area (Å²) in [5.41, 5.74) is 0. The van der Waals surface area contributed by atoms with Crippen molar-refractivity contribution in [3.8, 4) is 0 Å². The molecule has 7 heteroatoms. The third-order valence-electron chi connectivity index (χ3n) is 1.42. The lowest BCUT2D eigenvalue weighted by Crippen LogP contribution is -2.11. The second-order valence-corrected chi connectivity index (χ2v) is 5.08. The summed E-state index contributed by atoms with van der Waals surface area (Å²) in [6.45, 7) is 3.21. The summed E-state index contributed by atoms with van der Waals surface area (Å²) in [7, 11) is -3.10. The van der Waals surface area contributed by atoms with Crippen LogP contribution in [0.5, 0.6) is 0 Å². The molecular formula is C7H13N3O3S. The lowest BCUT2D eigenvalue weighted by Gasteiger charge is -1.93. The van der Waals surface area contributed by atoms with Crippen LogP contribution in [0.15, 0.2) is 4.42 Å². The molecule has 0 amide bonds. The molecule has 1 heterocycles. The van der Waals surface area contributed by atoms with Crippen LogP contribution in [0.25, 0.3) is 0 Å². The highest BCUT2D eigenvalue weighted by molar-refractivity contribution is 7.89. The molecule has 14 heavy (non-hydrogen) atoms. The van der Waals surface area contributed by atoms with Crippen molar-refractivity contribution >= 4 is 9.84 Å². The van der Waals surface area contributed by atoms with Crippen LogP contribution in [0, 0.1) is 0 Å². The quantitative estimate of drug-likeness (QED) is 0.733. The van der Waals surface area contributed by atoms with Crippen molar-refractivity contribution in [3.63, 3.8) is 0 Å². The SMILES string of the molecule is CCNCc1nnc(CS(C)(=O)=O)o1. The molecule has 0 aromatic carbocycles. The third-order valence-corrected chi connectivity index (χ3v) is 2.19. The summed E-state index contributed by atoms with van der Waals surface area (Å²) < 4.78 is 26.9. The Bertz CT molecular complexity index is 385. The summed E-state index contributed by atoms with van der Waals surface area (Å²) in [6, 6.07) is 0. The topological polar surface area (TPSA) is 85.1 Å². The van der Waals surface area contributed by atoms with Gasteiger partial charge in [0.2, 0.25) is 11.8 Å². The van der Waals surface area contributed by atoms with E-state index in [1.807, 2.05) is 6.92 Å². The Kier molecular flexibility index (Phi) is 3.59. The Morgan fingerprint density at radius 1 is 1.36 bits per heavy atom. The minimum absolute atomic E-state index is 0.139. The van der Waals surface area contributed by atoms with Gasteiger partial charge in [0.15, 0.2) is 9.84 Å². The van der Waals surface area contributed by atoms with Crippen LogP contribution in [-0.2, 0) is 22.1 Å². The Morgan fingerprint density at radius 2 is 2.00 bits per heavy atom. The maximum Gasteiger partial charge on any atom is 0.231 e. The van der Waals surface area contributed by atoms with Gasteiger partial charge in [-0.3, -0.25) is 0 Å². The Hall–Kier alpha value is -0.950. The zero-order valence-corrected chi connectivity index (χ0v) is 8.97. The van der Waals surface area contributed by atoms with Crippen LogP contribution < -0.4 is 5.32 Å². The van der Waals surface area contributed by atoms with Gasteiger partial charge in [-0.1, -0.05) is 6.92 Å². The van der Waals surface area contributed by atoms with Crippen molar-refractivity contribution in [3.05, 3.63) is 11.8 Å². The first-order chi connectivity index (χ1) is 6.51. The number of nitrogens with zero attached hydrogens (tertiary/aromatic N) is 2. The molecule has 1 aromatic rings. The predicted octanol–water partition coefficient (Wildman–Crippen LogP) is -0.276. The molecule has 1 rings (SSSR count). The van der Waals surface area contributed by atoms with E-state index in [2.05, 4.69) is 15.5 Å². The van der Waals surface area contributed by atoms with Gasteiger partial charge in [0.05, 0.1) is 6.54 Å². The number of rotatable bonds is 5. The van der Waals surface area contributed by atoms with Crippen LogP contribution in [0.3, 0.4) is 0 Å². The van der Waals surface area contributed by atoms with Crippen molar-refractivity contribution in [1.29, 1.82) is 0 Å². The van der Waals surface area contributed by atoms with Gasteiger partial charge in [-0.05, 0) is 6.54 Å². The zero-order chi connectivity index (χ0) is 10.6. The monoisotopic (exact) mass is 219 g/mol. The van der Waals surface area contributed by atoms with Crippen molar-refractivity contribution in [2.45, 2.75) is 19.2 Å². The number of sulfone groups is 1. The molecule has 80 valence electrons. The van der Waals surface area contributed by atoms with Gasteiger partial charge in [-0.2, -0.15) is 0 Å². The van der Waals surface area contributed by atoms with E-state index < -0.39 is 9.84 Å². The molecule has 0 radical (unpaired) electrons. The summed E-state index contributed by atoms with van der Waals surface area (Å²) in [4.78, 5) is 0. The van der Waals surface area contributed by atoms with Crippen LogP contribution in [0.1, 0.15) is 18.7 Å². The molecule has 0 aliphatic heterocycles. The fourth-order valence-corrected chi connectivity index (χ4v) is 1.44. The van der Waals surface area contributed by atoms with Gasteiger partial charge >= 0.3 is 0 Å². The maximum absolute atomic E-state index is 10.9. The fourth-order valence-electron chi connectivity index (χ4n) is 0.874. The van der Waals surface area contributed by atoms with Crippen molar-refractivity contribution < 1.29 is 12.8 Å². The molecule has 0 saturated carbocycles. The van der Waals surface area contributed by atoms with E-state index >= 15 is 0 Å². The molecule has 0 saturated heterocycles. The summed E-state index contributed by atoms with van der Waals surface area (Å²) in [5.74, 6) is 0.345. The van der Waals surface area contributed by atoms with Gasteiger partial charge in [0.1, 0.15) is 5.75 Å². The zero-order valence-electron chi connectivity index (χ0n) is 8.15. The molecule has 0 aliphatic rings. The molecule has 6 nitrogen and oxygen atoms in total. The van der Waals surface area contributed by atoms with E-state index in [-0.39, 0.29) is 11.6 Å². The number of nitrogens with one attached hydrogen (secondary N) is 1. The van der Waals surface area contributed by atoms with Crippen LogP contribution in [0.4, 0.5) is 0 Å². The summed E-state index contributed by atoms with van der Waals surface area (Å²) in [5, 5.41) is 10.3. The molecule has 1 N–H and O–H groups in total. The Labute approximate surface area is 82.6 Å². The highest BCUT2D eigenvalue weighted by atomic mass is 32.2. The molecule has 0 bridgehead atoms. The standard InChI is InChI=1S/C7H13N3O3S/c1-3-8-4-6-9-10-7(13-6)5-14(2,11)12/h8H,3-5H2,1-2H3. The largest absolute Gasteiger partial charge is 0.423 e. The first-order valence-corrected chi connectivity index (χ1v) is 6.27. The van der Waals surface area contributed by atoms with E-state index in [1.165, 1.54) is 0 Å². The van der Waals surface area contributed by atoms with E-state index in [1.54, 1.807) is 0 Å². The molecule has 1 aromatic heterocycles. The second-order valence-electron chi connectivity index (χ2n) is 2.94. The van der Waals surface area contributed by atoms with Crippen LogP contribution >= 0.6 is 0 Å². The Balaban J connectivity index is 2.59. The first kappa shape index (κ1) is 11.1. The van der Waals surface area contributed by atoms with Gasteiger partial charge in [-0.25, -0.2) is 8.42 Å². The Morgan fingerprint density at radius 3 is 2.57 bits per heavy atom. The number of hydrogen-bond donors (Lipinski definition) is 1. The van der Waals surface area contributed by atoms with E-state index in [0.717, 1.165) is 12.8 Å². The van der Waals surface area contributed by atoms with Gasteiger partial charge in [-0.15, -0.1) is 10.2 Å². The molecule has 0 fully saturated rings. The van der Waals surface area contributed by atoms with Crippen LogP contribution in [-0.4, -0.2) is 31.4 Å². The van der Waals surface area contributed by atoms with E-state index in [9.17, 15) is 8.42 Å². The average Bonchev–Trinajstić information content (AvgIpc) is 2.46. The minimum Gasteiger partial charge on any atom is -0.423 e. The summed E-state index contributed by atoms with van der Waals surface area (Å²) >= 11 is 0. The van der Waals surface area contributed by atoms with Crippen molar-refractivity contribution in [1.82, 2.24) is 15.5 Å². The van der Waals surface area contributed by atoms with Gasteiger partial charge < -0.3 is 9.73 Å². The lowest BCUT2D eigenvalue weighted by molar-refractivity contribution is 0.445. The minimum atomic E-state index is -3.10.